The van der Waals surface area contributed by atoms with Crippen molar-refractivity contribution in [3.8, 4) is 0 Å². The summed E-state index contributed by atoms with van der Waals surface area (Å²) in [5, 5.41) is 3.69. The zero-order chi connectivity index (χ0) is 19.7. The molecule has 0 spiro atoms. The minimum absolute atomic E-state index is 0.138. The maximum atomic E-state index is 14.1. The average Bonchev–Trinajstić information content (AvgIpc) is 2.70. The molecule has 144 valence electrons. The summed E-state index contributed by atoms with van der Waals surface area (Å²) in [6.45, 7) is 3.99. The van der Waals surface area contributed by atoms with E-state index in [0.29, 0.717) is 10.2 Å². The van der Waals surface area contributed by atoms with Gasteiger partial charge in [-0.2, -0.15) is 0 Å². The van der Waals surface area contributed by atoms with Crippen LogP contribution >= 0.6 is 15.9 Å². The first kappa shape index (κ1) is 18.9. The van der Waals surface area contributed by atoms with Crippen LogP contribution in [0, 0.1) is 12.7 Å². The molecule has 1 N–H and O–H groups in total. The number of pyridine rings is 1. The zero-order valence-corrected chi connectivity index (χ0v) is 17.2. The molecule has 3 aromatic rings. The van der Waals surface area contributed by atoms with Crippen LogP contribution in [-0.4, -0.2) is 24.0 Å². The van der Waals surface area contributed by atoms with Crippen molar-refractivity contribution < 1.29 is 9.18 Å². The maximum Gasteiger partial charge on any atom is 0.274 e. The van der Waals surface area contributed by atoms with Gasteiger partial charge in [0.15, 0.2) is 0 Å². The van der Waals surface area contributed by atoms with Crippen molar-refractivity contribution in [1.82, 2.24) is 4.98 Å². The van der Waals surface area contributed by atoms with Gasteiger partial charge in [0.1, 0.15) is 11.5 Å². The molecule has 28 heavy (non-hydrogen) atoms. The van der Waals surface area contributed by atoms with Crippen LogP contribution in [0.5, 0.6) is 0 Å². The Morgan fingerprint density at radius 3 is 2.64 bits per heavy atom. The second-order valence-corrected chi connectivity index (χ2v) is 8.09. The van der Waals surface area contributed by atoms with Gasteiger partial charge in [-0.25, -0.2) is 9.37 Å². The Labute approximate surface area is 171 Å². The zero-order valence-electron chi connectivity index (χ0n) is 15.6. The van der Waals surface area contributed by atoms with Gasteiger partial charge in [-0.3, -0.25) is 4.79 Å². The summed E-state index contributed by atoms with van der Waals surface area (Å²) >= 11 is 3.22. The molecule has 2 heterocycles. The Kier molecular flexibility index (Phi) is 5.31. The highest BCUT2D eigenvalue weighted by molar-refractivity contribution is 9.10. The molecule has 1 saturated heterocycles. The molecule has 2 aromatic carbocycles. The molecule has 1 aromatic heterocycles. The summed E-state index contributed by atoms with van der Waals surface area (Å²) in [6, 6.07) is 12.4. The normalized spacial score (nSPS) is 14.3. The molecule has 1 aliphatic heterocycles. The number of hydrogen-bond donors (Lipinski definition) is 1. The number of fused-ring (bicyclic) bond motifs is 1. The summed E-state index contributed by atoms with van der Waals surface area (Å²) < 4.78 is 14.7. The smallest absolute Gasteiger partial charge is 0.274 e. The third kappa shape index (κ3) is 3.87. The van der Waals surface area contributed by atoms with Crippen LogP contribution < -0.4 is 10.2 Å². The number of anilines is 2. The number of carbonyl (C=O) groups is 1. The third-order valence-electron chi connectivity index (χ3n) is 5.05. The van der Waals surface area contributed by atoms with Crippen LogP contribution in [0.25, 0.3) is 10.9 Å². The highest BCUT2D eigenvalue weighted by Crippen LogP contribution is 2.30. The number of aromatic nitrogens is 1. The second kappa shape index (κ2) is 7.87. The van der Waals surface area contributed by atoms with Gasteiger partial charge in [-0.05, 0) is 62.6 Å². The van der Waals surface area contributed by atoms with E-state index in [1.165, 1.54) is 18.6 Å². The van der Waals surface area contributed by atoms with Crippen molar-refractivity contribution in [2.45, 2.75) is 26.2 Å². The lowest BCUT2D eigenvalue weighted by atomic mass is 10.1. The molecule has 0 atom stereocenters. The van der Waals surface area contributed by atoms with Crippen molar-refractivity contribution in [1.29, 1.82) is 0 Å². The first-order valence-electron chi connectivity index (χ1n) is 9.44. The summed E-state index contributed by atoms with van der Waals surface area (Å²) in [6.07, 6.45) is 3.51. The van der Waals surface area contributed by atoms with Crippen LogP contribution in [-0.2, 0) is 0 Å². The molecule has 4 rings (SSSR count). The first-order chi connectivity index (χ1) is 13.5. The van der Waals surface area contributed by atoms with E-state index in [1.807, 2.05) is 18.2 Å². The average molecular weight is 442 g/mol. The van der Waals surface area contributed by atoms with Crippen LogP contribution in [0.15, 0.2) is 46.9 Å². The third-order valence-corrected chi connectivity index (χ3v) is 5.54. The molecule has 1 amide bonds. The Balaban J connectivity index is 1.74. The number of halogens is 2. The number of rotatable bonds is 3. The Hall–Kier alpha value is -2.47. The summed E-state index contributed by atoms with van der Waals surface area (Å²) in [7, 11) is 0. The minimum Gasteiger partial charge on any atom is -0.371 e. The van der Waals surface area contributed by atoms with E-state index >= 15 is 0 Å². The Bertz CT molecular complexity index is 1050. The van der Waals surface area contributed by atoms with Crippen LogP contribution in [0.4, 0.5) is 15.8 Å². The molecule has 0 radical (unpaired) electrons. The van der Waals surface area contributed by atoms with Crippen molar-refractivity contribution in [2.24, 2.45) is 0 Å². The molecule has 0 bridgehead atoms. The molecule has 0 unspecified atom stereocenters. The number of benzene rings is 2. The second-order valence-electron chi connectivity index (χ2n) is 7.17. The van der Waals surface area contributed by atoms with Crippen LogP contribution in [0.3, 0.4) is 0 Å². The van der Waals surface area contributed by atoms with Gasteiger partial charge in [0, 0.05) is 28.6 Å². The monoisotopic (exact) mass is 441 g/mol. The maximum absolute atomic E-state index is 14.1. The number of piperidine rings is 1. The largest absolute Gasteiger partial charge is 0.371 e. The van der Waals surface area contributed by atoms with E-state index < -0.39 is 11.7 Å². The fourth-order valence-corrected chi connectivity index (χ4v) is 3.94. The molecule has 1 aliphatic rings. The fourth-order valence-electron chi connectivity index (χ4n) is 3.61. The van der Waals surface area contributed by atoms with E-state index in [0.717, 1.165) is 48.1 Å². The molecule has 6 heteroatoms. The predicted molar refractivity (Wildman–Crippen MR) is 115 cm³/mol. The summed E-state index contributed by atoms with van der Waals surface area (Å²) in [5.74, 6) is -0.905. The minimum atomic E-state index is -0.490. The van der Waals surface area contributed by atoms with E-state index in [9.17, 15) is 9.18 Å². The van der Waals surface area contributed by atoms with Gasteiger partial charge in [-0.1, -0.05) is 27.6 Å². The number of hydrogen-bond acceptors (Lipinski definition) is 3. The Morgan fingerprint density at radius 2 is 1.89 bits per heavy atom. The quantitative estimate of drug-likeness (QED) is 0.567. The molecule has 0 aliphatic carbocycles. The highest BCUT2D eigenvalue weighted by Gasteiger charge is 2.19. The van der Waals surface area contributed by atoms with Crippen LogP contribution in [0.1, 0.15) is 35.3 Å². The van der Waals surface area contributed by atoms with E-state index in [2.05, 4.69) is 44.1 Å². The number of carbonyl (C=O) groups excluding carboxylic acids is 1. The van der Waals surface area contributed by atoms with Gasteiger partial charge < -0.3 is 10.2 Å². The summed E-state index contributed by atoms with van der Waals surface area (Å²) in [5.41, 5.74) is 3.38. The number of aryl methyl sites for hydroxylation is 1. The van der Waals surface area contributed by atoms with Gasteiger partial charge >= 0.3 is 0 Å². The molecule has 1 fully saturated rings. The molecular weight excluding hydrogens is 421 g/mol. The lowest BCUT2D eigenvalue weighted by Gasteiger charge is -2.30. The number of nitrogens with zero attached hydrogens (tertiary/aromatic N) is 2. The topological polar surface area (TPSA) is 45.2 Å². The summed E-state index contributed by atoms with van der Waals surface area (Å²) in [4.78, 5) is 19.7. The van der Waals surface area contributed by atoms with E-state index in [-0.39, 0.29) is 5.69 Å². The Morgan fingerprint density at radius 1 is 1.11 bits per heavy atom. The van der Waals surface area contributed by atoms with Gasteiger partial charge in [-0.15, -0.1) is 0 Å². The number of amides is 1. The highest BCUT2D eigenvalue weighted by atomic mass is 79.9. The standard InChI is InChI=1S/C22H21BrFN3O/c1-14-5-7-18-16(11-14)21(27-9-3-2-4-10-27)13-20(25-18)22(28)26-19-8-6-15(23)12-17(19)24/h5-8,11-13H,2-4,9-10H2,1H3,(H,26,28). The molecule has 4 nitrogen and oxygen atoms in total. The number of nitrogens with one attached hydrogen (secondary N) is 1. The SMILES string of the molecule is Cc1ccc2nc(C(=O)Nc3ccc(Br)cc3F)cc(N3CCCCC3)c2c1. The molecule has 0 saturated carbocycles. The molecular formula is C22H21BrFN3O. The fraction of sp³-hybridized carbons (Fsp3) is 0.273. The lowest BCUT2D eigenvalue weighted by molar-refractivity contribution is 0.102. The van der Waals surface area contributed by atoms with Crippen molar-refractivity contribution in [2.75, 3.05) is 23.3 Å². The van der Waals surface area contributed by atoms with Crippen LogP contribution in [0.2, 0.25) is 0 Å². The van der Waals surface area contributed by atoms with Gasteiger partial charge in [0.05, 0.1) is 11.2 Å². The van der Waals surface area contributed by atoms with E-state index in [4.69, 9.17) is 0 Å². The van der Waals surface area contributed by atoms with Crippen molar-refractivity contribution in [3.63, 3.8) is 0 Å². The van der Waals surface area contributed by atoms with Crippen molar-refractivity contribution in [3.05, 3.63) is 64.0 Å². The first-order valence-corrected chi connectivity index (χ1v) is 10.2. The van der Waals surface area contributed by atoms with E-state index in [1.54, 1.807) is 6.07 Å². The van der Waals surface area contributed by atoms with Gasteiger partial charge in [0.25, 0.3) is 5.91 Å². The van der Waals surface area contributed by atoms with Gasteiger partial charge in [0.2, 0.25) is 0 Å². The van der Waals surface area contributed by atoms with Crippen molar-refractivity contribution >= 4 is 44.1 Å². The predicted octanol–water partition coefficient (Wildman–Crippen LogP) is 5.69. The lowest BCUT2D eigenvalue weighted by Crippen LogP contribution is -2.30.